The van der Waals surface area contributed by atoms with Crippen LogP contribution in [0.3, 0.4) is 0 Å². The zero-order valence-electron chi connectivity index (χ0n) is 14.6. The number of esters is 1. The van der Waals surface area contributed by atoms with Gasteiger partial charge in [-0.1, -0.05) is 0 Å². The summed E-state index contributed by atoms with van der Waals surface area (Å²) in [5.74, 6) is -1.95. The third-order valence-electron chi connectivity index (χ3n) is 3.08. The summed E-state index contributed by atoms with van der Waals surface area (Å²) in [5, 5.41) is 18.3. The van der Waals surface area contributed by atoms with Crippen molar-refractivity contribution in [3.8, 4) is 0 Å². The topological polar surface area (TPSA) is 121 Å². The Hall–Kier alpha value is -2.13. The van der Waals surface area contributed by atoms with E-state index in [9.17, 15) is 23.1 Å². The maximum absolute atomic E-state index is 12.0. The highest BCUT2D eigenvalue weighted by atomic mass is 32.2. The first-order valence-electron chi connectivity index (χ1n) is 7.53. The predicted molar refractivity (Wildman–Crippen MR) is 92.1 cm³/mol. The lowest BCUT2D eigenvalue weighted by Crippen LogP contribution is -2.45. The molecule has 8 nitrogen and oxygen atoms in total. The van der Waals surface area contributed by atoms with Crippen molar-refractivity contribution in [2.24, 2.45) is 0 Å². The third kappa shape index (κ3) is 6.02. The molecule has 25 heavy (non-hydrogen) atoms. The number of carbonyl (C=O) groups excluding carboxylic acids is 1. The number of aliphatic hydroxyl groups excluding tert-OH is 1. The highest BCUT2D eigenvalue weighted by Gasteiger charge is 2.32. The normalized spacial score (nSPS) is 13.2. The first-order chi connectivity index (χ1) is 11.4. The van der Waals surface area contributed by atoms with Gasteiger partial charge in [0.05, 0.1) is 17.5 Å². The summed E-state index contributed by atoms with van der Waals surface area (Å²) in [4.78, 5) is 23.4. The number of carbonyl (C=O) groups is 2. The van der Waals surface area contributed by atoms with Crippen LogP contribution in [-0.2, 0) is 19.6 Å². The fourth-order valence-electron chi connectivity index (χ4n) is 2.15. The summed E-state index contributed by atoms with van der Waals surface area (Å²) in [7, 11) is -3.92. The molecule has 1 rings (SSSR count). The Labute approximate surface area is 147 Å². The monoisotopic (exact) mass is 373 g/mol. The minimum atomic E-state index is -3.92. The molecule has 0 aliphatic rings. The van der Waals surface area contributed by atoms with Crippen molar-refractivity contribution in [1.29, 1.82) is 0 Å². The first kappa shape index (κ1) is 20.9. The van der Waals surface area contributed by atoms with Crippen molar-refractivity contribution < 1.29 is 33.0 Å². The molecule has 0 radical (unpaired) electrons. The van der Waals surface area contributed by atoms with Crippen molar-refractivity contribution in [2.45, 2.75) is 38.8 Å². The Kier molecular flexibility index (Phi) is 6.55. The number of aliphatic carboxylic acids is 1. The number of anilines is 1. The van der Waals surface area contributed by atoms with Gasteiger partial charge in [-0.3, -0.25) is 4.31 Å². The Balaban J connectivity index is 3.22. The summed E-state index contributed by atoms with van der Waals surface area (Å²) < 4.78 is 30.0. The van der Waals surface area contributed by atoms with Gasteiger partial charge in [0.25, 0.3) is 0 Å². The second kappa shape index (κ2) is 7.83. The quantitative estimate of drug-likeness (QED) is 0.690. The number of ether oxygens (including phenoxy) is 1. The van der Waals surface area contributed by atoms with Crippen molar-refractivity contribution in [1.82, 2.24) is 0 Å². The van der Waals surface area contributed by atoms with E-state index >= 15 is 0 Å². The molecular weight excluding hydrogens is 350 g/mol. The van der Waals surface area contributed by atoms with Crippen molar-refractivity contribution >= 4 is 27.6 Å². The standard InChI is InChI=1S/C16H23NO7S/c1-16(2,3)24-15(21)11-5-7-12(8-6-11)17(25(4,22)23)13(9-10-18)14(19)20/h5-8,13,18H,9-10H2,1-4H3,(H,19,20)/t13-/m0/s1. The summed E-state index contributed by atoms with van der Waals surface area (Å²) >= 11 is 0. The molecule has 0 aliphatic carbocycles. The maximum atomic E-state index is 12.0. The zero-order chi connectivity index (χ0) is 19.4. The molecule has 0 fully saturated rings. The number of benzene rings is 1. The molecular formula is C16H23NO7S. The number of aliphatic hydroxyl groups is 1. The molecule has 0 aromatic heterocycles. The minimum Gasteiger partial charge on any atom is -0.480 e. The van der Waals surface area contributed by atoms with Crippen LogP contribution in [0.1, 0.15) is 37.6 Å². The van der Waals surface area contributed by atoms with E-state index in [2.05, 4.69) is 0 Å². The van der Waals surface area contributed by atoms with Gasteiger partial charge < -0.3 is 14.9 Å². The van der Waals surface area contributed by atoms with E-state index in [0.29, 0.717) is 4.31 Å². The largest absolute Gasteiger partial charge is 0.480 e. The summed E-state index contributed by atoms with van der Waals surface area (Å²) in [5.41, 5.74) is -0.388. The number of hydrogen-bond donors (Lipinski definition) is 2. The van der Waals surface area contributed by atoms with Crippen LogP contribution in [0, 0.1) is 0 Å². The molecule has 1 atom stereocenters. The van der Waals surface area contributed by atoms with Crippen LogP contribution in [0.4, 0.5) is 5.69 Å². The molecule has 140 valence electrons. The molecule has 0 unspecified atom stereocenters. The summed E-state index contributed by atoms with van der Waals surface area (Å²) in [6.45, 7) is 4.67. The zero-order valence-corrected chi connectivity index (χ0v) is 15.4. The highest BCUT2D eigenvalue weighted by Crippen LogP contribution is 2.24. The third-order valence-corrected chi connectivity index (χ3v) is 4.26. The molecule has 0 spiro atoms. The van der Waals surface area contributed by atoms with Gasteiger partial charge in [0.2, 0.25) is 10.0 Å². The lowest BCUT2D eigenvalue weighted by Gasteiger charge is -2.28. The molecule has 0 saturated carbocycles. The fourth-order valence-corrected chi connectivity index (χ4v) is 3.31. The van der Waals surface area contributed by atoms with Crippen molar-refractivity contribution in [3.05, 3.63) is 29.8 Å². The molecule has 1 aromatic carbocycles. The second-order valence-electron chi connectivity index (χ2n) is 6.47. The van der Waals surface area contributed by atoms with Gasteiger partial charge >= 0.3 is 11.9 Å². The lowest BCUT2D eigenvalue weighted by molar-refractivity contribution is -0.138. The van der Waals surface area contributed by atoms with E-state index in [1.807, 2.05) is 0 Å². The number of hydrogen-bond acceptors (Lipinski definition) is 6. The van der Waals surface area contributed by atoms with Gasteiger partial charge in [0.15, 0.2) is 0 Å². The average molecular weight is 373 g/mol. The fraction of sp³-hybridized carbons (Fsp3) is 0.500. The first-order valence-corrected chi connectivity index (χ1v) is 9.38. The molecule has 0 saturated heterocycles. The van der Waals surface area contributed by atoms with Gasteiger partial charge in [-0.2, -0.15) is 0 Å². The Bertz CT molecular complexity index is 720. The molecule has 9 heteroatoms. The molecule has 0 heterocycles. The Morgan fingerprint density at radius 2 is 1.72 bits per heavy atom. The number of nitrogens with zero attached hydrogens (tertiary/aromatic N) is 1. The van der Waals surface area contributed by atoms with E-state index in [1.54, 1.807) is 20.8 Å². The van der Waals surface area contributed by atoms with Crippen LogP contribution in [0.15, 0.2) is 24.3 Å². The number of sulfonamides is 1. The van der Waals surface area contributed by atoms with E-state index in [-0.39, 0.29) is 17.7 Å². The molecule has 0 amide bonds. The van der Waals surface area contributed by atoms with Gasteiger partial charge in [0, 0.05) is 13.0 Å². The van der Waals surface area contributed by atoms with Gasteiger partial charge in [-0.15, -0.1) is 0 Å². The number of rotatable bonds is 7. The molecule has 0 bridgehead atoms. The smallest absolute Gasteiger partial charge is 0.338 e. The number of carboxylic acids is 1. The molecule has 2 N–H and O–H groups in total. The molecule has 1 aromatic rings. The van der Waals surface area contributed by atoms with E-state index in [4.69, 9.17) is 9.84 Å². The van der Waals surface area contributed by atoms with Gasteiger partial charge in [-0.25, -0.2) is 18.0 Å². The Morgan fingerprint density at radius 1 is 1.20 bits per heavy atom. The van der Waals surface area contributed by atoms with Crippen molar-refractivity contribution in [2.75, 3.05) is 17.2 Å². The van der Waals surface area contributed by atoms with Gasteiger partial charge in [0.1, 0.15) is 11.6 Å². The van der Waals surface area contributed by atoms with Crippen LogP contribution >= 0.6 is 0 Å². The summed E-state index contributed by atoms with van der Waals surface area (Å²) in [6.07, 6.45) is 0.609. The second-order valence-corrected chi connectivity index (χ2v) is 8.33. The highest BCUT2D eigenvalue weighted by molar-refractivity contribution is 7.92. The van der Waals surface area contributed by atoms with Crippen LogP contribution in [0.25, 0.3) is 0 Å². The van der Waals surface area contributed by atoms with Crippen LogP contribution in [0.2, 0.25) is 0 Å². The van der Waals surface area contributed by atoms with Gasteiger partial charge in [-0.05, 0) is 45.0 Å². The average Bonchev–Trinajstić information content (AvgIpc) is 2.44. The minimum absolute atomic E-state index is 0.0793. The van der Waals surface area contributed by atoms with Crippen LogP contribution < -0.4 is 4.31 Å². The van der Waals surface area contributed by atoms with E-state index in [1.165, 1.54) is 24.3 Å². The molecule has 0 aliphatic heterocycles. The van der Waals surface area contributed by atoms with Crippen molar-refractivity contribution in [3.63, 3.8) is 0 Å². The Morgan fingerprint density at radius 3 is 2.08 bits per heavy atom. The van der Waals surface area contributed by atoms with Crippen LogP contribution in [-0.4, -0.2) is 55.1 Å². The maximum Gasteiger partial charge on any atom is 0.338 e. The van der Waals surface area contributed by atoms with E-state index in [0.717, 1.165) is 6.26 Å². The number of carboxylic acid groups (broad SMARTS) is 1. The summed E-state index contributed by atoms with van der Waals surface area (Å²) in [6, 6.07) is 3.92. The predicted octanol–water partition coefficient (Wildman–Crippen LogP) is 1.24. The SMILES string of the molecule is CC(C)(C)OC(=O)c1ccc(N([C@@H](CCO)C(=O)O)S(C)(=O)=O)cc1. The van der Waals surface area contributed by atoms with E-state index < -0.39 is 40.2 Å². The lowest BCUT2D eigenvalue weighted by atomic mass is 10.1. The van der Waals surface area contributed by atoms with Crippen LogP contribution in [0.5, 0.6) is 0 Å².